The van der Waals surface area contributed by atoms with E-state index in [0.29, 0.717) is 25.6 Å². The first kappa shape index (κ1) is 25.2. The Morgan fingerprint density at radius 2 is 1.68 bits per heavy atom. The molecule has 2 aromatic carbocycles. The highest BCUT2D eigenvalue weighted by Crippen LogP contribution is 2.54. The number of fused-ring (bicyclic) bond motifs is 7. The van der Waals surface area contributed by atoms with Crippen molar-refractivity contribution in [3.8, 4) is 0 Å². The summed E-state index contributed by atoms with van der Waals surface area (Å²) in [6, 6.07) is 21.5. The van der Waals surface area contributed by atoms with Crippen LogP contribution in [0.4, 0.5) is 0 Å². The third kappa shape index (κ3) is 4.19. The molecule has 4 bridgehead atoms. The second-order valence-corrected chi connectivity index (χ2v) is 16.9. The smallest absolute Gasteiger partial charge is 0.261 e. The minimum atomic E-state index is -2.73. The fourth-order valence-corrected chi connectivity index (χ4v) is 12.4. The number of hydrogen-bond donors (Lipinski definition) is 0. The Bertz CT molecular complexity index is 1110. The molecule has 37 heavy (non-hydrogen) atoms. The second-order valence-electron chi connectivity index (χ2n) is 12.6. The number of carbonyl (C=O) groups excluding carboxylic acids is 1. The normalized spacial score (nSPS) is 31.8. The molecular formula is C32H40O4Si. The van der Waals surface area contributed by atoms with Crippen molar-refractivity contribution < 1.29 is 18.7 Å². The largest absolute Gasteiger partial charge is 0.404 e. The monoisotopic (exact) mass is 516 g/mol. The molecule has 5 atom stereocenters. The highest BCUT2D eigenvalue weighted by molar-refractivity contribution is 6.99. The van der Waals surface area contributed by atoms with E-state index >= 15 is 0 Å². The molecule has 196 valence electrons. The van der Waals surface area contributed by atoms with Crippen molar-refractivity contribution >= 4 is 24.5 Å². The van der Waals surface area contributed by atoms with Crippen molar-refractivity contribution in [3.05, 3.63) is 72.3 Å². The van der Waals surface area contributed by atoms with E-state index in [0.717, 1.165) is 32.1 Å². The number of hydrogen-bond acceptors (Lipinski definition) is 4. The quantitative estimate of drug-likeness (QED) is 0.412. The van der Waals surface area contributed by atoms with Crippen molar-refractivity contribution in [1.29, 1.82) is 0 Å². The molecule has 0 radical (unpaired) electrons. The van der Waals surface area contributed by atoms with Crippen LogP contribution in [0.25, 0.3) is 0 Å². The van der Waals surface area contributed by atoms with Gasteiger partial charge in [-0.25, -0.2) is 0 Å². The molecule has 0 N–H and O–H groups in total. The Kier molecular flexibility index (Phi) is 6.55. The van der Waals surface area contributed by atoms with Crippen LogP contribution in [0.1, 0.15) is 52.9 Å². The van der Waals surface area contributed by atoms with Gasteiger partial charge in [0.25, 0.3) is 8.32 Å². The van der Waals surface area contributed by atoms with Crippen LogP contribution in [-0.2, 0) is 18.7 Å². The summed E-state index contributed by atoms with van der Waals surface area (Å²) in [4.78, 5) is 14.2. The van der Waals surface area contributed by atoms with Crippen LogP contribution in [0, 0.1) is 17.8 Å². The Labute approximate surface area is 222 Å². The lowest BCUT2D eigenvalue weighted by molar-refractivity contribution is -0.136. The highest BCUT2D eigenvalue weighted by atomic mass is 28.4. The van der Waals surface area contributed by atoms with Gasteiger partial charge in [-0.1, -0.05) is 87.5 Å². The summed E-state index contributed by atoms with van der Waals surface area (Å²) >= 11 is 0. The van der Waals surface area contributed by atoms with Crippen LogP contribution >= 0.6 is 0 Å². The summed E-state index contributed by atoms with van der Waals surface area (Å²) in [6.07, 6.45) is 7.01. The molecule has 0 saturated carbocycles. The maximum Gasteiger partial charge on any atom is 0.261 e. The van der Waals surface area contributed by atoms with Gasteiger partial charge < -0.3 is 13.9 Å². The van der Waals surface area contributed by atoms with Gasteiger partial charge in [-0.15, -0.1) is 0 Å². The maximum atomic E-state index is 14.2. The van der Waals surface area contributed by atoms with E-state index in [9.17, 15) is 4.79 Å². The van der Waals surface area contributed by atoms with Gasteiger partial charge >= 0.3 is 0 Å². The van der Waals surface area contributed by atoms with Gasteiger partial charge in [-0.3, -0.25) is 4.79 Å². The molecule has 3 fully saturated rings. The standard InChI is InChI=1S/C32H40O4Si/c1-31(2,3)37(25-13-6-4-7-14-25,26-15-8-5-9-16-26)35-22-32-18-17-28(36-32)27-21-34-20-23-11-10-12-24(19-23)30(33)29(27)32/h4-9,11,13-16,24,27-29H,10,12,17-22H2,1-3H3/t24-,27+,28+,29-,32+/m1/s1. The lowest BCUT2D eigenvalue weighted by Gasteiger charge is -2.46. The molecule has 3 saturated heterocycles. The molecule has 0 aromatic heterocycles. The minimum absolute atomic E-state index is 0.0851. The molecule has 5 heteroatoms. The zero-order chi connectivity index (χ0) is 25.7. The van der Waals surface area contributed by atoms with Crippen LogP contribution in [0.5, 0.6) is 0 Å². The van der Waals surface area contributed by atoms with Crippen molar-refractivity contribution in [1.82, 2.24) is 0 Å². The number of ketones is 1. The molecular weight excluding hydrogens is 476 g/mol. The zero-order valence-corrected chi connectivity index (χ0v) is 23.5. The van der Waals surface area contributed by atoms with E-state index in [2.05, 4.69) is 87.5 Å². The van der Waals surface area contributed by atoms with E-state index in [1.165, 1.54) is 15.9 Å². The van der Waals surface area contributed by atoms with Crippen molar-refractivity contribution in [3.63, 3.8) is 0 Å². The molecule has 0 amide bonds. The summed E-state index contributed by atoms with van der Waals surface area (Å²) in [5, 5.41) is 2.41. The van der Waals surface area contributed by atoms with Gasteiger partial charge in [0.15, 0.2) is 0 Å². The SMILES string of the molecule is CC(C)(C)[Si](OC[C@]12CC[C@H](O1)[C@@H]1COCC3=CCC[C@H](C3)C(=O)[C@@H]12)(c1ccccc1)c1ccccc1. The number of Topliss-reactive ketones (excluding diaryl/α,β-unsaturated/α-hetero) is 1. The van der Waals surface area contributed by atoms with E-state index in [-0.39, 0.29) is 28.9 Å². The Hall–Kier alpha value is -2.05. The number of benzene rings is 2. The molecule has 2 aromatic rings. The first-order chi connectivity index (χ1) is 17.8. The first-order valence-electron chi connectivity index (χ1n) is 14.1. The van der Waals surface area contributed by atoms with Gasteiger partial charge in [0, 0.05) is 11.8 Å². The Morgan fingerprint density at radius 1 is 1.00 bits per heavy atom. The zero-order valence-electron chi connectivity index (χ0n) is 22.5. The summed E-state index contributed by atoms with van der Waals surface area (Å²) in [5.41, 5.74) is 0.740. The molecule has 3 aliphatic heterocycles. The number of allylic oxidation sites excluding steroid dienone is 1. The average Bonchev–Trinajstić information content (AvgIpc) is 3.47. The minimum Gasteiger partial charge on any atom is -0.404 e. The lowest BCUT2D eigenvalue weighted by Crippen LogP contribution is -2.68. The van der Waals surface area contributed by atoms with Gasteiger partial charge in [0.05, 0.1) is 31.8 Å². The summed E-state index contributed by atoms with van der Waals surface area (Å²) < 4.78 is 20.4. The lowest BCUT2D eigenvalue weighted by atomic mass is 9.66. The topological polar surface area (TPSA) is 44.8 Å². The summed E-state index contributed by atoms with van der Waals surface area (Å²) in [6.45, 7) is 8.64. The number of carbonyl (C=O) groups is 1. The van der Waals surface area contributed by atoms with E-state index in [1.54, 1.807) is 0 Å². The Balaban J connectivity index is 1.39. The van der Waals surface area contributed by atoms with Gasteiger partial charge in [-0.2, -0.15) is 0 Å². The molecule has 0 spiro atoms. The predicted molar refractivity (Wildman–Crippen MR) is 149 cm³/mol. The molecule has 6 rings (SSSR count). The van der Waals surface area contributed by atoms with Gasteiger partial charge in [-0.05, 0) is 53.1 Å². The van der Waals surface area contributed by atoms with Crippen LogP contribution in [0.2, 0.25) is 5.04 Å². The van der Waals surface area contributed by atoms with E-state index in [1.807, 2.05) is 0 Å². The molecule has 4 nitrogen and oxygen atoms in total. The van der Waals surface area contributed by atoms with Crippen LogP contribution in [-0.4, -0.2) is 45.6 Å². The Morgan fingerprint density at radius 3 is 2.32 bits per heavy atom. The average molecular weight is 517 g/mol. The summed E-state index contributed by atoms with van der Waals surface area (Å²) in [5.74, 6) is 0.465. The fraction of sp³-hybridized carbons (Fsp3) is 0.531. The van der Waals surface area contributed by atoms with Crippen LogP contribution in [0.15, 0.2) is 72.3 Å². The fourth-order valence-electron chi connectivity index (χ4n) is 7.73. The second kappa shape index (κ2) is 9.60. The van der Waals surface area contributed by atoms with Crippen LogP contribution in [0.3, 0.4) is 0 Å². The van der Waals surface area contributed by atoms with E-state index in [4.69, 9.17) is 13.9 Å². The third-order valence-electron chi connectivity index (χ3n) is 9.42. The van der Waals surface area contributed by atoms with E-state index < -0.39 is 13.9 Å². The molecule has 0 unspecified atom stereocenters. The first-order valence-corrected chi connectivity index (χ1v) is 16.0. The highest BCUT2D eigenvalue weighted by Gasteiger charge is 2.64. The maximum absolute atomic E-state index is 14.2. The predicted octanol–water partition coefficient (Wildman–Crippen LogP) is 5.05. The van der Waals surface area contributed by atoms with Crippen molar-refractivity contribution in [2.24, 2.45) is 17.8 Å². The number of ether oxygens (including phenoxy) is 2. The summed E-state index contributed by atoms with van der Waals surface area (Å²) in [7, 11) is -2.73. The molecule has 4 aliphatic rings. The van der Waals surface area contributed by atoms with Gasteiger partial charge in [0.2, 0.25) is 0 Å². The van der Waals surface area contributed by atoms with Crippen LogP contribution < -0.4 is 10.4 Å². The van der Waals surface area contributed by atoms with Crippen molar-refractivity contribution in [2.45, 2.75) is 69.6 Å². The van der Waals surface area contributed by atoms with Gasteiger partial charge in [0.1, 0.15) is 11.4 Å². The molecule has 3 heterocycles. The number of rotatable bonds is 5. The van der Waals surface area contributed by atoms with Crippen molar-refractivity contribution in [2.75, 3.05) is 19.8 Å². The molecule has 1 aliphatic carbocycles. The third-order valence-corrected chi connectivity index (χ3v) is 14.4.